The highest BCUT2D eigenvalue weighted by atomic mass is 32.1. The van der Waals surface area contributed by atoms with Crippen LogP contribution in [0.25, 0.3) is 0 Å². The summed E-state index contributed by atoms with van der Waals surface area (Å²) in [7, 11) is 1.65. The van der Waals surface area contributed by atoms with E-state index in [-0.39, 0.29) is 6.04 Å². The second-order valence-electron chi connectivity index (χ2n) is 5.48. The number of hydrogen-bond acceptors (Lipinski definition) is 4. The molecule has 0 aromatic carbocycles. The number of alkyl halides is 3. The molecule has 9 heteroatoms. The molecule has 1 saturated heterocycles. The molecule has 1 aromatic heterocycles. The molecule has 0 saturated carbocycles. The van der Waals surface area contributed by atoms with Crippen LogP contribution in [-0.4, -0.2) is 54.7 Å². The van der Waals surface area contributed by atoms with Gasteiger partial charge in [-0.1, -0.05) is 6.92 Å². The van der Waals surface area contributed by atoms with Gasteiger partial charge in [-0.25, -0.2) is 4.98 Å². The summed E-state index contributed by atoms with van der Waals surface area (Å²) in [6.45, 7) is 2.61. The second kappa shape index (κ2) is 7.96. The molecule has 2 rings (SSSR count). The van der Waals surface area contributed by atoms with Crippen LogP contribution in [0.5, 0.6) is 0 Å². The summed E-state index contributed by atoms with van der Waals surface area (Å²) in [5, 5.41) is 7.31. The normalized spacial score (nSPS) is 20.0. The van der Waals surface area contributed by atoms with Crippen LogP contribution in [0.3, 0.4) is 0 Å². The lowest BCUT2D eigenvalue weighted by atomic mass is 10.3. The topological polar surface area (TPSA) is 52.6 Å². The van der Waals surface area contributed by atoms with E-state index in [1.807, 2.05) is 6.20 Å². The third-order valence-corrected chi connectivity index (χ3v) is 4.74. The molecule has 2 heterocycles. The molecule has 1 aliphatic rings. The molecule has 1 unspecified atom stereocenters. The maximum atomic E-state index is 12.4. The van der Waals surface area contributed by atoms with Crippen molar-refractivity contribution in [2.75, 3.05) is 26.7 Å². The van der Waals surface area contributed by atoms with Gasteiger partial charge in [0, 0.05) is 37.3 Å². The number of hydrogen-bond donors (Lipinski definition) is 2. The lowest BCUT2D eigenvalue weighted by molar-refractivity contribution is -0.143. The first-order valence-corrected chi connectivity index (χ1v) is 8.41. The van der Waals surface area contributed by atoms with Gasteiger partial charge in [0.1, 0.15) is 5.01 Å². The molecule has 0 radical (unpaired) electrons. The van der Waals surface area contributed by atoms with E-state index < -0.39 is 12.7 Å². The van der Waals surface area contributed by atoms with Crippen molar-refractivity contribution in [1.82, 2.24) is 20.5 Å². The maximum Gasteiger partial charge on any atom is 0.401 e. The Bertz CT molecular complexity index is 529. The zero-order valence-corrected chi connectivity index (χ0v) is 14.1. The molecule has 23 heavy (non-hydrogen) atoms. The Morgan fingerprint density at radius 2 is 2.30 bits per heavy atom. The van der Waals surface area contributed by atoms with Gasteiger partial charge in [0.2, 0.25) is 0 Å². The summed E-state index contributed by atoms with van der Waals surface area (Å²) in [5.41, 5.74) is 0. The molecule has 130 valence electrons. The van der Waals surface area contributed by atoms with Crippen molar-refractivity contribution in [3.63, 3.8) is 0 Å². The largest absolute Gasteiger partial charge is 0.401 e. The lowest BCUT2D eigenvalue weighted by Gasteiger charge is -2.19. The number of rotatable bonds is 5. The number of nitrogens with zero attached hydrogens (tertiary/aromatic N) is 3. The van der Waals surface area contributed by atoms with Crippen LogP contribution in [0.2, 0.25) is 0 Å². The monoisotopic (exact) mass is 349 g/mol. The van der Waals surface area contributed by atoms with Crippen LogP contribution in [0.15, 0.2) is 11.2 Å². The Labute approximate surface area is 138 Å². The summed E-state index contributed by atoms with van der Waals surface area (Å²) >= 11 is 1.65. The van der Waals surface area contributed by atoms with Crippen LogP contribution < -0.4 is 10.6 Å². The maximum absolute atomic E-state index is 12.4. The van der Waals surface area contributed by atoms with Crippen LogP contribution in [0.4, 0.5) is 13.2 Å². The average molecular weight is 349 g/mol. The van der Waals surface area contributed by atoms with E-state index in [1.165, 1.54) is 9.78 Å². The van der Waals surface area contributed by atoms with E-state index in [0.29, 0.717) is 32.0 Å². The highest BCUT2D eigenvalue weighted by molar-refractivity contribution is 7.11. The van der Waals surface area contributed by atoms with Crippen LogP contribution in [0, 0.1) is 0 Å². The van der Waals surface area contributed by atoms with E-state index in [1.54, 1.807) is 18.4 Å². The fourth-order valence-electron chi connectivity index (χ4n) is 2.49. The molecular weight excluding hydrogens is 327 g/mol. The number of nitrogens with one attached hydrogen (secondary N) is 2. The summed E-state index contributed by atoms with van der Waals surface area (Å²) in [6.07, 6.45) is -0.643. The number of aliphatic imine (C=N–C) groups is 1. The standard InChI is InChI=1S/C14H22F3N5S/c1-3-11-6-19-12(23-11)7-20-13(18-2)21-10-4-5-22(8-10)9-14(15,16)17/h6,10H,3-5,7-9H2,1-2H3,(H2,18,20,21). The zero-order chi connectivity index (χ0) is 16.9. The van der Waals surface area contributed by atoms with Crippen molar-refractivity contribution in [3.8, 4) is 0 Å². The SMILES string of the molecule is CCc1cnc(CNC(=NC)NC2CCN(CC(F)(F)F)C2)s1. The van der Waals surface area contributed by atoms with Gasteiger partial charge < -0.3 is 10.6 Å². The first-order chi connectivity index (χ1) is 10.9. The first kappa shape index (κ1) is 18.0. The van der Waals surface area contributed by atoms with Crippen LogP contribution >= 0.6 is 11.3 Å². The van der Waals surface area contributed by atoms with Crippen molar-refractivity contribution >= 4 is 17.3 Å². The third kappa shape index (κ3) is 5.98. The molecule has 1 aromatic rings. The molecule has 0 amide bonds. The zero-order valence-electron chi connectivity index (χ0n) is 13.3. The highest BCUT2D eigenvalue weighted by Gasteiger charge is 2.34. The average Bonchev–Trinajstić information content (AvgIpc) is 3.10. The van der Waals surface area contributed by atoms with Crippen LogP contribution in [0.1, 0.15) is 23.2 Å². The van der Waals surface area contributed by atoms with Crippen LogP contribution in [-0.2, 0) is 13.0 Å². The number of aryl methyl sites for hydroxylation is 1. The van der Waals surface area contributed by atoms with Crippen molar-refractivity contribution in [1.29, 1.82) is 0 Å². The van der Waals surface area contributed by atoms with E-state index >= 15 is 0 Å². The Hall–Kier alpha value is -1.35. The second-order valence-corrected chi connectivity index (χ2v) is 6.68. The quantitative estimate of drug-likeness (QED) is 0.631. The molecule has 2 N–H and O–H groups in total. The summed E-state index contributed by atoms with van der Waals surface area (Å²) in [4.78, 5) is 11.1. The minimum Gasteiger partial charge on any atom is -0.352 e. The van der Waals surface area contributed by atoms with Gasteiger partial charge >= 0.3 is 6.18 Å². The number of likely N-dealkylation sites (tertiary alicyclic amines) is 1. The third-order valence-electron chi connectivity index (χ3n) is 3.60. The number of thiazole rings is 1. The van der Waals surface area contributed by atoms with Gasteiger partial charge in [0.05, 0.1) is 13.1 Å². The van der Waals surface area contributed by atoms with Crippen molar-refractivity contribution in [2.45, 2.75) is 38.5 Å². The van der Waals surface area contributed by atoms with Gasteiger partial charge in [-0.2, -0.15) is 13.2 Å². The van der Waals surface area contributed by atoms with E-state index in [4.69, 9.17) is 0 Å². The highest BCUT2D eigenvalue weighted by Crippen LogP contribution is 2.20. The Morgan fingerprint density at radius 3 is 2.91 bits per heavy atom. The van der Waals surface area contributed by atoms with Gasteiger partial charge in [0.15, 0.2) is 5.96 Å². The molecule has 5 nitrogen and oxygen atoms in total. The van der Waals surface area contributed by atoms with Gasteiger partial charge in [0.25, 0.3) is 0 Å². The Morgan fingerprint density at radius 1 is 1.52 bits per heavy atom. The smallest absolute Gasteiger partial charge is 0.352 e. The predicted octanol–water partition coefficient (Wildman–Crippen LogP) is 2.01. The predicted molar refractivity (Wildman–Crippen MR) is 85.7 cm³/mol. The van der Waals surface area contributed by atoms with E-state index in [9.17, 15) is 13.2 Å². The van der Waals surface area contributed by atoms with Gasteiger partial charge in [-0.05, 0) is 12.8 Å². The Balaban J connectivity index is 1.77. The number of guanidine groups is 1. The fourth-order valence-corrected chi connectivity index (χ4v) is 3.29. The molecule has 1 atom stereocenters. The van der Waals surface area contributed by atoms with Crippen molar-refractivity contribution in [3.05, 3.63) is 16.1 Å². The molecule has 0 bridgehead atoms. The number of halogens is 3. The minimum atomic E-state index is -4.14. The lowest BCUT2D eigenvalue weighted by Crippen LogP contribution is -2.44. The Kier molecular flexibility index (Phi) is 6.23. The first-order valence-electron chi connectivity index (χ1n) is 7.59. The molecule has 0 spiro atoms. The molecule has 0 aliphatic carbocycles. The summed E-state index contributed by atoms with van der Waals surface area (Å²) in [5.74, 6) is 0.595. The summed E-state index contributed by atoms with van der Waals surface area (Å²) < 4.78 is 37.2. The molecule has 1 fully saturated rings. The molecule has 1 aliphatic heterocycles. The summed E-state index contributed by atoms with van der Waals surface area (Å²) in [6, 6.07) is -0.0222. The minimum absolute atomic E-state index is 0.0222. The van der Waals surface area contributed by atoms with Crippen molar-refractivity contribution in [2.24, 2.45) is 4.99 Å². The number of aromatic nitrogens is 1. The van der Waals surface area contributed by atoms with E-state index in [2.05, 4.69) is 27.5 Å². The van der Waals surface area contributed by atoms with E-state index in [0.717, 1.165) is 11.4 Å². The molecular formula is C14H22F3N5S. The van der Waals surface area contributed by atoms with Crippen molar-refractivity contribution < 1.29 is 13.2 Å². The van der Waals surface area contributed by atoms with Gasteiger partial charge in [-0.3, -0.25) is 9.89 Å². The van der Waals surface area contributed by atoms with Gasteiger partial charge in [-0.15, -0.1) is 11.3 Å². The fraction of sp³-hybridized carbons (Fsp3) is 0.714.